The first-order valence-electron chi connectivity index (χ1n) is 4.76. The second kappa shape index (κ2) is 4.71. The molecule has 2 rings (SSSR count). The van der Waals surface area contributed by atoms with Gasteiger partial charge in [0.05, 0.1) is 6.54 Å². The fraction of sp³-hybridized carbons (Fsp3) is 0.200. The molecular weight excluding hydrogens is 211 g/mol. The van der Waals surface area contributed by atoms with E-state index in [-0.39, 0.29) is 19.0 Å². The van der Waals surface area contributed by atoms with Crippen molar-refractivity contribution in [1.29, 1.82) is 0 Å². The summed E-state index contributed by atoms with van der Waals surface area (Å²) in [4.78, 5) is 4.06. The summed E-state index contributed by atoms with van der Waals surface area (Å²) in [7, 11) is 0. The van der Waals surface area contributed by atoms with Crippen molar-refractivity contribution in [1.82, 2.24) is 15.2 Å². The molecule has 0 spiro atoms. The summed E-state index contributed by atoms with van der Waals surface area (Å²) in [6, 6.07) is 5.91. The minimum atomic E-state index is -0.335. The van der Waals surface area contributed by atoms with Crippen LogP contribution in [0.2, 0.25) is 0 Å². The summed E-state index contributed by atoms with van der Waals surface area (Å²) >= 11 is 0. The minimum Gasteiger partial charge on any atom is -0.486 e. The zero-order valence-corrected chi connectivity index (χ0v) is 8.48. The Bertz CT molecular complexity index is 471. The second-order valence-electron chi connectivity index (χ2n) is 3.15. The van der Waals surface area contributed by atoms with Crippen molar-refractivity contribution >= 4 is 0 Å². The monoisotopic (exact) mass is 222 g/mol. The van der Waals surface area contributed by atoms with E-state index in [1.807, 2.05) is 0 Å². The molecule has 0 aliphatic carbocycles. The van der Waals surface area contributed by atoms with E-state index >= 15 is 0 Å². The van der Waals surface area contributed by atoms with Crippen LogP contribution in [0.15, 0.2) is 24.3 Å². The largest absolute Gasteiger partial charge is 0.486 e. The highest BCUT2D eigenvalue weighted by molar-refractivity contribution is 5.22. The number of nitrogens with two attached hydrogens (primary N) is 1. The van der Waals surface area contributed by atoms with Crippen LogP contribution in [0.1, 0.15) is 11.6 Å². The lowest BCUT2D eigenvalue weighted by molar-refractivity contribution is 0.295. The molecule has 0 atom stereocenters. The average molecular weight is 222 g/mol. The van der Waals surface area contributed by atoms with E-state index < -0.39 is 0 Å². The lowest BCUT2D eigenvalue weighted by atomic mass is 10.3. The third-order valence-electron chi connectivity index (χ3n) is 1.93. The van der Waals surface area contributed by atoms with E-state index in [0.29, 0.717) is 17.4 Å². The van der Waals surface area contributed by atoms with Crippen molar-refractivity contribution in [2.45, 2.75) is 13.2 Å². The van der Waals surface area contributed by atoms with Gasteiger partial charge in [-0.1, -0.05) is 6.07 Å². The first-order valence-corrected chi connectivity index (χ1v) is 4.76. The van der Waals surface area contributed by atoms with Crippen LogP contribution in [0, 0.1) is 5.82 Å². The molecule has 3 N–H and O–H groups in total. The molecule has 1 aromatic heterocycles. The van der Waals surface area contributed by atoms with Crippen LogP contribution in [0.3, 0.4) is 0 Å². The third kappa shape index (κ3) is 2.54. The van der Waals surface area contributed by atoms with Crippen molar-refractivity contribution in [3.63, 3.8) is 0 Å². The summed E-state index contributed by atoms with van der Waals surface area (Å²) in [5.41, 5.74) is 5.35. The Hall–Kier alpha value is -1.95. The Kier molecular flexibility index (Phi) is 3.11. The van der Waals surface area contributed by atoms with Gasteiger partial charge in [0.15, 0.2) is 11.6 Å². The van der Waals surface area contributed by atoms with E-state index in [4.69, 9.17) is 10.5 Å². The zero-order chi connectivity index (χ0) is 11.4. The van der Waals surface area contributed by atoms with Crippen LogP contribution in [0.25, 0.3) is 0 Å². The fourth-order valence-electron chi connectivity index (χ4n) is 1.20. The maximum Gasteiger partial charge on any atom is 0.164 e. The SMILES string of the molecule is NCc1n[nH]c(COc2cccc(F)c2)n1. The van der Waals surface area contributed by atoms with Gasteiger partial charge >= 0.3 is 0 Å². The first-order chi connectivity index (χ1) is 7.78. The number of hydrogen-bond acceptors (Lipinski definition) is 4. The predicted octanol–water partition coefficient (Wildman–Crippen LogP) is 0.981. The third-order valence-corrected chi connectivity index (χ3v) is 1.93. The molecule has 1 heterocycles. The number of aromatic nitrogens is 3. The van der Waals surface area contributed by atoms with Crippen molar-refractivity contribution in [2.24, 2.45) is 5.73 Å². The molecule has 84 valence electrons. The van der Waals surface area contributed by atoms with Crippen LogP contribution in [0.5, 0.6) is 5.75 Å². The smallest absolute Gasteiger partial charge is 0.164 e. The van der Waals surface area contributed by atoms with Crippen molar-refractivity contribution in [3.05, 3.63) is 41.7 Å². The molecule has 0 aliphatic heterocycles. The van der Waals surface area contributed by atoms with Gasteiger partial charge in [0.25, 0.3) is 0 Å². The van der Waals surface area contributed by atoms with Crippen molar-refractivity contribution < 1.29 is 9.13 Å². The molecule has 0 fully saturated rings. The number of hydrogen-bond donors (Lipinski definition) is 2. The Morgan fingerprint density at radius 2 is 2.31 bits per heavy atom. The standard InChI is InChI=1S/C10H11FN4O/c11-7-2-1-3-8(4-7)16-6-10-13-9(5-12)14-15-10/h1-4H,5-6,12H2,(H,13,14,15). The molecule has 0 aliphatic rings. The summed E-state index contributed by atoms with van der Waals surface area (Å²) in [6.07, 6.45) is 0. The van der Waals surface area contributed by atoms with E-state index in [2.05, 4.69) is 15.2 Å². The Morgan fingerprint density at radius 1 is 1.44 bits per heavy atom. The van der Waals surface area contributed by atoms with E-state index in [1.165, 1.54) is 12.1 Å². The van der Waals surface area contributed by atoms with Crippen molar-refractivity contribution in [2.75, 3.05) is 0 Å². The molecule has 1 aromatic carbocycles. The van der Waals surface area contributed by atoms with Crippen LogP contribution in [-0.2, 0) is 13.2 Å². The molecule has 16 heavy (non-hydrogen) atoms. The van der Waals surface area contributed by atoms with Crippen LogP contribution < -0.4 is 10.5 Å². The van der Waals surface area contributed by atoms with E-state index in [9.17, 15) is 4.39 Å². The molecule has 0 saturated heterocycles. The normalized spacial score (nSPS) is 10.4. The predicted molar refractivity (Wildman–Crippen MR) is 55.0 cm³/mol. The molecule has 0 bridgehead atoms. The Labute approximate surface area is 91.5 Å². The molecular formula is C10H11FN4O. The van der Waals surface area contributed by atoms with Gasteiger partial charge in [0, 0.05) is 6.07 Å². The van der Waals surface area contributed by atoms with Gasteiger partial charge in [0.2, 0.25) is 0 Å². The highest BCUT2D eigenvalue weighted by Crippen LogP contribution is 2.12. The highest BCUT2D eigenvalue weighted by atomic mass is 19.1. The Balaban J connectivity index is 1.96. The number of benzene rings is 1. The number of rotatable bonds is 4. The summed E-state index contributed by atoms with van der Waals surface area (Å²) in [5, 5.41) is 6.53. The fourth-order valence-corrected chi connectivity index (χ4v) is 1.20. The molecule has 0 saturated carbocycles. The number of H-pyrrole nitrogens is 1. The maximum absolute atomic E-state index is 12.8. The molecule has 0 amide bonds. The van der Waals surface area contributed by atoms with Gasteiger partial charge in [0.1, 0.15) is 18.2 Å². The van der Waals surface area contributed by atoms with Crippen LogP contribution >= 0.6 is 0 Å². The summed E-state index contributed by atoms with van der Waals surface area (Å²) in [6.45, 7) is 0.479. The van der Waals surface area contributed by atoms with E-state index in [0.717, 1.165) is 0 Å². The van der Waals surface area contributed by atoms with Gasteiger partial charge in [-0.3, -0.25) is 5.10 Å². The Morgan fingerprint density at radius 3 is 3.00 bits per heavy atom. The van der Waals surface area contributed by atoms with Crippen molar-refractivity contribution in [3.8, 4) is 5.75 Å². The summed E-state index contributed by atoms with van der Waals surface area (Å²) in [5.74, 6) is 1.20. The molecule has 6 heteroatoms. The molecule has 0 radical (unpaired) electrons. The number of aromatic amines is 1. The average Bonchev–Trinajstić information content (AvgIpc) is 2.74. The number of nitrogens with one attached hydrogen (secondary N) is 1. The second-order valence-corrected chi connectivity index (χ2v) is 3.15. The van der Waals surface area contributed by atoms with E-state index in [1.54, 1.807) is 12.1 Å². The van der Waals surface area contributed by atoms with Gasteiger partial charge in [-0.25, -0.2) is 9.37 Å². The molecule has 2 aromatic rings. The lowest BCUT2D eigenvalue weighted by Crippen LogP contribution is -2.00. The van der Waals surface area contributed by atoms with Crippen LogP contribution in [-0.4, -0.2) is 15.2 Å². The molecule has 0 unspecified atom stereocenters. The number of nitrogens with zero attached hydrogens (tertiary/aromatic N) is 2. The van der Waals surface area contributed by atoms with Gasteiger partial charge in [-0.2, -0.15) is 5.10 Å². The maximum atomic E-state index is 12.8. The van der Waals surface area contributed by atoms with Gasteiger partial charge in [-0.05, 0) is 12.1 Å². The quantitative estimate of drug-likeness (QED) is 0.808. The number of ether oxygens (including phenoxy) is 1. The topological polar surface area (TPSA) is 76.8 Å². The molecule has 5 nitrogen and oxygen atoms in total. The lowest BCUT2D eigenvalue weighted by Gasteiger charge is -2.02. The summed E-state index contributed by atoms with van der Waals surface area (Å²) < 4.78 is 18.1. The first kappa shape index (κ1) is 10.6. The highest BCUT2D eigenvalue weighted by Gasteiger charge is 2.02. The van der Waals surface area contributed by atoms with Gasteiger partial charge < -0.3 is 10.5 Å². The minimum absolute atomic E-state index is 0.205. The van der Waals surface area contributed by atoms with Crippen LogP contribution in [0.4, 0.5) is 4.39 Å². The number of halogens is 1. The zero-order valence-electron chi connectivity index (χ0n) is 8.48. The van der Waals surface area contributed by atoms with Gasteiger partial charge in [-0.15, -0.1) is 0 Å².